The van der Waals surface area contributed by atoms with Crippen molar-refractivity contribution in [1.29, 1.82) is 0 Å². The summed E-state index contributed by atoms with van der Waals surface area (Å²) >= 11 is 0. The Morgan fingerprint density at radius 3 is 1.93 bits per heavy atom. The number of hydrogen-bond donors (Lipinski definition) is 3. The molecule has 0 spiro atoms. The summed E-state index contributed by atoms with van der Waals surface area (Å²) in [7, 11) is 0. The highest BCUT2D eigenvalue weighted by Crippen LogP contribution is 2.01. The molecule has 0 radical (unpaired) electrons. The number of aliphatic hydroxyl groups is 1. The maximum Gasteiger partial charge on any atom is 0.340 e. The number of aliphatic carboxylic acids is 2. The third kappa shape index (κ3) is 3.83. The fraction of sp³-hybridized carbons (Fsp3) is 0.500. The Balaban J connectivity index is 4.37. The van der Waals surface area contributed by atoms with E-state index in [1.54, 1.807) is 0 Å². The summed E-state index contributed by atoms with van der Waals surface area (Å²) in [5.74, 6) is -4.53. The van der Waals surface area contributed by atoms with Crippen molar-refractivity contribution in [3.8, 4) is 0 Å². The van der Waals surface area contributed by atoms with Gasteiger partial charge in [-0.2, -0.15) is 4.89 Å². The fourth-order valence-electron chi connectivity index (χ4n) is 0.478. The normalized spacial score (nSPS) is 14.1. The van der Waals surface area contributed by atoms with Gasteiger partial charge in [-0.1, -0.05) is 0 Å². The molecule has 2 unspecified atom stereocenters. The molecule has 80 valence electrons. The van der Waals surface area contributed by atoms with Crippen molar-refractivity contribution in [1.82, 2.24) is 0 Å². The van der Waals surface area contributed by atoms with E-state index in [4.69, 9.17) is 15.3 Å². The molecule has 0 rings (SSSR count). The Bertz CT molecular complexity index is 246. The second-order valence-electron chi connectivity index (χ2n) is 2.21. The van der Waals surface area contributed by atoms with E-state index in [1.807, 2.05) is 0 Å². The third-order valence-electron chi connectivity index (χ3n) is 1.05. The smallest absolute Gasteiger partial charge is 0.340 e. The molecule has 0 saturated heterocycles. The molecule has 0 aliphatic heterocycles. The van der Waals surface area contributed by atoms with Gasteiger partial charge in [-0.25, -0.2) is 14.4 Å². The molecular formula is C6H8O8. The number of carboxylic acids is 2. The number of carboxylic acid groups (broad SMARTS) is 2. The Morgan fingerprint density at radius 1 is 1.14 bits per heavy atom. The van der Waals surface area contributed by atoms with E-state index in [9.17, 15) is 14.4 Å². The zero-order valence-electron chi connectivity index (χ0n) is 7.04. The SMILES string of the molecule is CC(=O)OOC(C(=O)O)C(O)C(=O)O. The number of carbonyl (C=O) groups excluding carboxylic acids is 1. The van der Waals surface area contributed by atoms with Gasteiger partial charge in [0.05, 0.1) is 0 Å². The van der Waals surface area contributed by atoms with E-state index in [1.165, 1.54) is 0 Å². The largest absolute Gasteiger partial charge is 0.479 e. The molecule has 0 fully saturated rings. The van der Waals surface area contributed by atoms with Crippen LogP contribution in [0, 0.1) is 0 Å². The van der Waals surface area contributed by atoms with Crippen LogP contribution in [0.15, 0.2) is 0 Å². The average molecular weight is 208 g/mol. The number of rotatable bonds is 5. The summed E-state index contributed by atoms with van der Waals surface area (Å²) in [6, 6.07) is 0. The van der Waals surface area contributed by atoms with Gasteiger partial charge in [0.15, 0.2) is 6.10 Å². The van der Waals surface area contributed by atoms with Crippen LogP contribution in [0.3, 0.4) is 0 Å². The van der Waals surface area contributed by atoms with Crippen molar-refractivity contribution in [3.05, 3.63) is 0 Å². The van der Waals surface area contributed by atoms with Crippen molar-refractivity contribution in [2.75, 3.05) is 0 Å². The predicted molar refractivity (Wildman–Crippen MR) is 37.9 cm³/mol. The standard InChI is InChI=1S/C6H8O8/c1-2(7)13-14-4(6(11)12)3(8)5(9)10/h3-4,8H,1H3,(H,9,10)(H,11,12). The van der Waals surface area contributed by atoms with Crippen LogP contribution in [0.4, 0.5) is 0 Å². The molecule has 0 bridgehead atoms. The molecular weight excluding hydrogens is 200 g/mol. The highest BCUT2D eigenvalue weighted by atomic mass is 17.2. The topological polar surface area (TPSA) is 130 Å². The van der Waals surface area contributed by atoms with Gasteiger partial charge in [0.25, 0.3) is 0 Å². The highest BCUT2D eigenvalue weighted by Gasteiger charge is 2.35. The summed E-state index contributed by atoms with van der Waals surface area (Å²) < 4.78 is 0. The van der Waals surface area contributed by atoms with Crippen LogP contribution in [0.1, 0.15) is 6.92 Å². The second kappa shape index (κ2) is 5.14. The maximum atomic E-state index is 10.3. The lowest BCUT2D eigenvalue weighted by atomic mass is 10.2. The van der Waals surface area contributed by atoms with Crippen molar-refractivity contribution >= 4 is 17.9 Å². The summed E-state index contributed by atoms with van der Waals surface area (Å²) in [4.78, 5) is 38.4. The predicted octanol–water partition coefficient (Wildman–Crippen LogP) is -1.62. The summed E-state index contributed by atoms with van der Waals surface area (Å²) in [5, 5.41) is 25.4. The molecule has 14 heavy (non-hydrogen) atoms. The van der Waals surface area contributed by atoms with Crippen LogP contribution in [0.2, 0.25) is 0 Å². The molecule has 0 aliphatic rings. The molecule has 2 atom stereocenters. The molecule has 0 aromatic carbocycles. The van der Waals surface area contributed by atoms with Crippen LogP contribution in [0.25, 0.3) is 0 Å². The van der Waals surface area contributed by atoms with Crippen molar-refractivity contribution in [2.45, 2.75) is 19.1 Å². The van der Waals surface area contributed by atoms with Gasteiger partial charge in [0.2, 0.25) is 6.10 Å². The second-order valence-corrected chi connectivity index (χ2v) is 2.21. The lowest BCUT2D eigenvalue weighted by molar-refractivity contribution is -0.304. The molecule has 0 aliphatic carbocycles. The van der Waals surface area contributed by atoms with Gasteiger partial charge in [-0.15, -0.1) is 0 Å². The van der Waals surface area contributed by atoms with E-state index in [0.29, 0.717) is 0 Å². The Labute approximate surface area is 77.6 Å². The van der Waals surface area contributed by atoms with Crippen LogP contribution in [-0.2, 0) is 24.2 Å². The van der Waals surface area contributed by atoms with Gasteiger partial charge in [-0.05, 0) is 0 Å². The summed E-state index contributed by atoms with van der Waals surface area (Å²) in [5.41, 5.74) is 0. The monoisotopic (exact) mass is 208 g/mol. The number of hydrogen-bond acceptors (Lipinski definition) is 6. The van der Waals surface area contributed by atoms with E-state index >= 15 is 0 Å². The van der Waals surface area contributed by atoms with Gasteiger partial charge in [-0.3, -0.25) is 4.89 Å². The molecule has 3 N–H and O–H groups in total. The van der Waals surface area contributed by atoms with Crippen LogP contribution in [-0.4, -0.2) is 45.4 Å². The minimum atomic E-state index is -2.31. The van der Waals surface area contributed by atoms with Gasteiger partial charge >= 0.3 is 17.9 Å². The first-order chi connectivity index (χ1) is 6.36. The van der Waals surface area contributed by atoms with E-state index < -0.39 is 30.1 Å². The van der Waals surface area contributed by atoms with Crippen LogP contribution < -0.4 is 0 Å². The third-order valence-corrected chi connectivity index (χ3v) is 1.05. The Kier molecular flexibility index (Phi) is 4.53. The fourth-order valence-corrected chi connectivity index (χ4v) is 0.478. The van der Waals surface area contributed by atoms with Gasteiger partial charge < -0.3 is 15.3 Å². The Hall–Kier alpha value is -1.67. The molecule has 0 amide bonds. The van der Waals surface area contributed by atoms with Crippen molar-refractivity contribution in [3.63, 3.8) is 0 Å². The highest BCUT2D eigenvalue weighted by molar-refractivity contribution is 5.83. The number of aliphatic hydroxyl groups excluding tert-OH is 1. The molecule has 8 heteroatoms. The first-order valence-electron chi connectivity index (χ1n) is 3.33. The Morgan fingerprint density at radius 2 is 1.64 bits per heavy atom. The zero-order chi connectivity index (χ0) is 11.3. The van der Waals surface area contributed by atoms with Gasteiger partial charge in [0.1, 0.15) is 0 Å². The van der Waals surface area contributed by atoms with Crippen LogP contribution in [0.5, 0.6) is 0 Å². The number of carbonyl (C=O) groups is 3. The minimum absolute atomic E-state index is 0.923. The zero-order valence-corrected chi connectivity index (χ0v) is 7.04. The van der Waals surface area contributed by atoms with Crippen LogP contribution >= 0.6 is 0 Å². The lowest BCUT2D eigenvalue weighted by Gasteiger charge is -2.13. The summed E-state index contributed by atoms with van der Waals surface area (Å²) in [6.07, 6.45) is -4.47. The first kappa shape index (κ1) is 12.3. The molecule has 0 heterocycles. The van der Waals surface area contributed by atoms with Gasteiger partial charge in [0, 0.05) is 6.92 Å². The quantitative estimate of drug-likeness (QED) is 0.363. The molecule has 0 aromatic heterocycles. The average Bonchev–Trinajstić information content (AvgIpc) is 2.02. The van der Waals surface area contributed by atoms with Crippen molar-refractivity contribution in [2.24, 2.45) is 0 Å². The van der Waals surface area contributed by atoms with E-state index in [2.05, 4.69) is 9.78 Å². The van der Waals surface area contributed by atoms with E-state index in [-0.39, 0.29) is 0 Å². The molecule has 8 nitrogen and oxygen atoms in total. The van der Waals surface area contributed by atoms with E-state index in [0.717, 1.165) is 6.92 Å². The molecule has 0 saturated carbocycles. The molecule has 0 aromatic rings. The lowest BCUT2D eigenvalue weighted by Crippen LogP contribution is -2.42. The first-order valence-corrected chi connectivity index (χ1v) is 3.33. The van der Waals surface area contributed by atoms with Crippen molar-refractivity contribution < 1.29 is 39.5 Å². The maximum absolute atomic E-state index is 10.3. The minimum Gasteiger partial charge on any atom is -0.479 e. The summed E-state index contributed by atoms with van der Waals surface area (Å²) in [6.45, 7) is 0.923.